The Kier molecular flexibility index (Phi) is 5.01. The van der Waals surface area contributed by atoms with Crippen molar-refractivity contribution in [2.75, 3.05) is 13.0 Å². The van der Waals surface area contributed by atoms with Gasteiger partial charge in [-0.3, -0.25) is 0 Å². The zero-order valence-corrected chi connectivity index (χ0v) is 11.9. The Morgan fingerprint density at radius 1 is 1.05 bits per heavy atom. The van der Waals surface area contributed by atoms with Crippen LogP contribution in [0.2, 0.25) is 0 Å². The third-order valence-electron chi connectivity index (χ3n) is 3.19. The fourth-order valence-electron chi connectivity index (χ4n) is 2.05. The summed E-state index contributed by atoms with van der Waals surface area (Å²) in [6.45, 7) is 0. The molecule has 0 aliphatic heterocycles. The summed E-state index contributed by atoms with van der Waals surface area (Å²) < 4.78 is 5.33. The molecule has 0 fully saturated rings. The number of hydrogen-bond donors (Lipinski definition) is 2. The predicted octanol–water partition coefficient (Wildman–Crippen LogP) is 3.00. The lowest BCUT2D eigenvalue weighted by atomic mass is 9.99. The van der Waals surface area contributed by atoms with Crippen molar-refractivity contribution in [3.63, 3.8) is 0 Å². The maximum atomic E-state index is 9.89. The van der Waals surface area contributed by atoms with Gasteiger partial charge in [0.1, 0.15) is 11.9 Å². The van der Waals surface area contributed by atoms with Gasteiger partial charge in [0.2, 0.25) is 0 Å². The second-order valence-corrected chi connectivity index (χ2v) is 4.80. The monoisotopic (exact) mass is 292 g/mol. The normalized spacial score (nSPS) is 13.8. The van der Waals surface area contributed by atoms with Crippen LogP contribution in [0.25, 0.3) is 11.1 Å². The van der Waals surface area contributed by atoms with Gasteiger partial charge in [-0.2, -0.15) is 0 Å². The highest BCUT2D eigenvalue weighted by molar-refractivity contribution is 6.18. The first kappa shape index (κ1) is 14.9. The minimum Gasteiger partial charge on any atom is -0.496 e. The fourth-order valence-corrected chi connectivity index (χ4v) is 2.22. The topological polar surface area (TPSA) is 49.7 Å². The van der Waals surface area contributed by atoms with Gasteiger partial charge in [-0.25, -0.2) is 0 Å². The number of para-hydroxylation sites is 1. The van der Waals surface area contributed by atoms with Gasteiger partial charge in [-0.05, 0) is 17.2 Å². The Bertz CT molecular complexity index is 554. The SMILES string of the molecule is COc1ccccc1-c1ccc(C(O)C(O)CCl)cc1. The van der Waals surface area contributed by atoms with Gasteiger partial charge >= 0.3 is 0 Å². The molecule has 3 nitrogen and oxygen atoms in total. The standard InChI is InChI=1S/C16H17ClO3/c1-20-15-5-3-2-4-13(15)11-6-8-12(9-7-11)16(19)14(18)10-17/h2-9,14,16,18-19H,10H2,1H3. The highest BCUT2D eigenvalue weighted by Gasteiger charge is 2.17. The van der Waals surface area contributed by atoms with E-state index in [0.717, 1.165) is 16.9 Å². The summed E-state index contributed by atoms with van der Waals surface area (Å²) in [5, 5.41) is 19.4. The molecule has 0 aromatic heterocycles. The minimum absolute atomic E-state index is 0.00454. The highest BCUT2D eigenvalue weighted by Crippen LogP contribution is 2.30. The zero-order valence-electron chi connectivity index (χ0n) is 11.2. The number of hydrogen-bond acceptors (Lipinski definition) is 3. The summed E-state index contributed by atoms with van der Waals surface area (Å²) in [4.78, 5) is 0. The van der Waals surface area contributed by atoms with E-state index in [9.17, 15) is 10.2 Å². The summed E-state index contributed by atoms with van der Waals surface area (Å²) >= 11 is 5.54. The number of aliphatic hydroxyl groups excluding tert-OH is 2. The number of methoxy groups -OCH3 is 1. The Morgan fingerprint density at radius 3 is 2.30 bits per heavy atom. The van der Waals surface area contributed by atoms with Crippen molar-refractivity contribution in [3.8, 4) is 16.9 Å². The van der Waals surface area contributed by atoms with Crippen LogP contribution < -0.4 is 4.74 Å². The van der Waals surface area contributed by atoms with Gasteiger partial charge in [0.05, 0.1) is 19.1 Å². The van der Waals surface area contributed by atoms with Gasteiger partial charge in [-0.15, -0.1) is 11.6 Å². The summed E-state index contributed by atoms with van der Waals surface area (Å²) in [5.41, 5.74) is 2.60. The Balaban J connectivity index is 2.28. The minimum atomic E-state index is -0.973. The maximum Gasteiger partial charge on any atom is 0.126 e. The van der Waals surface area contributed by atoms with Gasteiger partial charge in [-0.1, -0.05) is 42.5 Å². The van der Waals surface area contributed by atoms with E-state index in [1.165, 1.54) is 0 Å². The van der Waals surface area contributed by atoms with Crippen LogP contribution >= 0.6 is 11.6 Å². The molecule has 2 aromatic carbocycles. The van der Waals surface area contributed by atoms with E-state index in [4.69, 9.17) is 16.3 Å². The molecule has 2 rings (SSSR count). The molecule has 0 amide bonds. The molecule has 0 saturated carbocycles. The zero-order chi connectivity index (χ0) is 14.5. The number of aliphatic hydroxyl groups is 2. The Hall–Kier alpha value is -1.55. The molecule has 20 heavy (non-hydrogen) atoms. The van der Waals surface area contributed by atoms with E-state index < -0.39 is 12.2 Å². The molecule has 0 aliphatic carbocycles. The van der Waals surface area contributed by atoms with Crippen molar-refractivity contribution >= 4 is 11.6 Å². The molecular weight excluding hydrogens is 276 g/mol. The van der Waals surface area contributed by atoms with Crippen molar-refractivity contribution in [3.05, 3.63) is 54.1 Å². The molecule has 2 aromatic rings. The van der Waals surface area contributed by atoms with Gasteiger partial charge < -0.3 is 14.9 Å². The molecule has 0 radical (unpaired) electrons. The first-order chi connectivity index (χ1) is 9.67. The molecular formula is C16H17ClO3. The van der Waals surface area contributed by atoms with Crippen molar-refractivity contribution in [2.24, 2.45) is 0 Å². The van der Waals surface area contributed by atoms with Crippen LogP contribution in [0.3, 0.4) is 0 Å². The quantitative estimate of drug-likeness (QED) is 0.833. The van der Waals surface area contributed by atoms with Crippen LogP contribution in [0.5, 0.6) is 5.75 Å². The van der Waals surface area contributed by atoms with E-state index in [2.05, 4.69) is 0 Å². The first-order valence-electron chi connectivity index (χ1n) is 6.33. The van der Waals surface area contributed by atoms with Gasteiger partial charge in [0.15, 0.2) is 0 Å². The number of benzene rings is 2. The van der Waals surface area contributed by atoms with Crippen LogP contribution in [-0.2, 0) is 0 Å². The third kappa shape index (κ3) is 3.12. The second-order valence-electron chi connectivity index (χ2n) is 4.49. The van der Waals surface area contributed by atoms with Gasteiger partial charge in [0, 0.05) is 5.56 Å². The second kappa shape index (κ2) is 6.75. The Labute approximate surface area is 123 Å². The van der Waals surface area contributed by atoms with Crippen LogP contribution in [0.4, 0.5) is 0 Å². The summed E-state index contributed by atoms with van der Waals surface area (Å²) in [5.74, 6) is 0.789. The fraction of sp³-hybridized carbons (Fsp3) is 0.250. The summed E-state index contributed by atoms with van der Waals surface area (Å²) in [6, 6.07) is 15.1. The summed E-state index contributed by atoms with van der Waals surface area (Å²) in [6.07, 6.45) is -1.94. The molecule has 0 bridgehead atoms. The molecule has 4 heteroatoms. The van der Waals surface area contributed by atoms with Crippen molar-refractivity contribution in [1.82, 2.24) is 0 Å². The van der Waals surface area contributed by atoms with E-state index in [-0.39, 0.29) is 5.88 Å². The lowest BCUT2D eigenvalue weighted by Crippen LogP contribution is -2.19. The van der Waals surface area contributed by atoms with Crippen molar-refractivity contribution in [2.45, 2.75) is 12.2 Å². The van der Waals surface area contributed by atoms with E-state index in [1.54, 1.807) is 19.2 Å². The maximum absolute atomic E-state index is 9.89. The molecule has 0 aliphatic rings. The average Bonchev–Trinajstić information content (AvgIpc) is 2.53. The van der Waals surface area contributed by atoms with Crippen molar-refractivity contribution in [1.29, 1.82) is 0 Å². The molecule has 2 N–H and O–H groups in total. The first-order valence-corrected chi connectivity index (χ1v) is 6.86. The number of halogens is 1. The average molecular weight is 293 g/mol. The lowest BCUT2D eigenvalue weighted by Gasteiger charge is -2.16. The number of ether oxygens (including phenoxy) is 1. The van der Waals surface area contributed by atoms with E-state index in [0.29, 0.717) is 5.56 Å². The summed E-state index contributed by atoms with van der Waals surface area (Å²) in [7, 11) is 1.63. The largest absolute Gasteiger partial charge is 0.496 e. The molecule has 0 saturated heterocycles. The Morgan fingerprint density at radius 2 is 1.70 bits per heavy atom. The van der Waals surface area contributed by atoms with Gasteiger partial charge in [0.25, 0.3) is 0 Å². The molecule has 0 heterocycles. The van der Waals surface area contributed by atoms with E-state index >= 15 is 0 Å². The van der Waals surface area contributed by atoms with Crippen LogP contribution in [0.1, 0.15) is 11.7 Å². The predicted molar refractivity (Wildman–Crippen MR) is 80.1 cm³/mol. The molecule has 2 unspecified atom stereocenters. The molecule has 2 atom stereocenters. The lowest BCUT2D eigenvalue weighted by molar-refractivity contribution is 0.0327. The van der Waals surface area contributed by atoms with Crippen molar-refractivity contribution < 1.29 is 14.9 Å². The molecule has 0 spiro atoms. The molecule has 106 valence electrons. The van der Waals surface area contributed by atoms with E-state index in [1.807, 2.05) is 36.4 Å². The van der Waals surface area contributed by atoms with Crippen LogP contribution in [-0.4, -0.2) is 29.3 Å². The van der Waals surface area contributed by atoms with Crippen LogP contribution in [0.15, 0.2) is 48.5 Å². The third-order valence-corrected chi connectivity index (χ3v) is 3.51. The highest BCUT2D eigenvalue weighted by atomic mass is 35.5. The number of rotatable bonds is 5. The smallest absolute Gasteiger partial charge is 0.126 e. The number of alkyl halides is 1. The van der Waals surface area contributed by atoms with Crippen LogP contribution in [0, 0.1) is 0 Å².